The molecule has 2 aromatic rings. The number of ether oxygens (including phenoxy) is 1. The Morgan fingerprint density at radius 3 is 2.70 bits per heavy atom. The van der Waals surface area contributed by atoms with E-state index in [1.165, 1.54) is 5.56 Å². The Hall–Kier alpha value is -1.52. The van der Waals surface area contributed by atoms with Crippen LogP contribution >= 0.6 is 12.4 Å². The second-order valence-electron chi connectivity index (χ2n) is 4.91. The van der Waals surface area contributed by atoms with Crippen molar-refractivity contribution in [3.8, 4) is 5.75 Å². The number of aromatic nitrogens is 2. The fourth-order valence-corrected chi connectivity index (χ4v) is 2.41. The van der Waals surface area contributed by atoms with Crippen LogP contribution in [-0.4, -0.2) is 22.9 Å². The summed E-state index contributed by atoms with van der Waals surface area (Å²) in [5.41, 5.74) is 1.18. The summed E-state index contributed by atoms with van der Waals surface area (Å²) in [6.45, 7) is 2.74. The smallest absolute Gasteiger partial charge is 0.157 e. The largest absolute Gasteiger partial charge is 0.486 e. The standard InChI is InChI=1S/C15H19N3O.ClH/c1-2-4-13(5-3-1)12-19-15-10-17-18(11-15)14-6-8-16-9-7-14;/h1-5,10-11,14,16H,6-9,12H2;1H. The molecule has 1 aromatic heterocycles. The van der Waals surface area contributed by atoms with Crippen molar-refractivity contribution >= 4 is 12.4 Å². The summed E-state index contributed by atoms with van der Waals surface area (Å²) in [7, 11) is 0. The van der Waals surface area contributed by atoms with Gasteiger partial charge in [-0.05, 0) is 31.5 Å². The molecule has 1 saturated heterocycles. The normalized spacial score (nSPS) is 15.6. The highest BCUT2D eigenvalue weighted by Crippen LogP contribution is 2.20. The second kappa shape index (κ2) is 7.31. The van der Waals surface area contributed by atoms with E-state index in [9.17, 15) is 0 Å². The molecule has 0 aliphatic carbocycles. The number of hydrogen-bond donors (Lipinski definition) is 1. The van der Waals surface area contributed by atoms with Crippen molar-refractivity contribution in [3.05, 3.63) is 48.3 Å². The minimum absolute atomic E-state index is 0. The van der Waals surface area contributed by atoms with E-state index < -0.39 is 0 Å². The van der Waals surface area contributed by atoms with Gasteiger partial charge in [0.05, 0.1) is 18.4 Å². The number of halogens is 1. The molecule has 0 bridgehead atoms. The zero-order valence-corrected chi connectivity index (χ0v) is 12.2. The second-order valence-corrected chi connectivity index (χ2v) is 4.91. The molecule has 20 heavy (non-hydrogen) atoms. The summed E-state index contributed by atoms with van der Waals surface area (Å²) < 4.78 is 7.81. The van der Waals surface area contributed by atoms with E-state index in [2.05, 4.69) is 22.5 Å². The maximum atomic E-state index is 5.76. The van der Waals surface area contributed by atoms with E-state index >= 15 is 0 Å². The summed E-state index contributed by atoms with van der Waals surface area (Å²) in [6, 6.07) is 10.7. The number of nitrogens with zero attached hydrogens (tertiary/aromatic N) is 2. The lowest BCUT2D eigenvalue weighted by Crippen LogP contribution is -2.29. The molecule has 4 nitrogen and oxygen atoms in total. The first kappa shape index (κ1) is 14.9. The van der Waals surface area contributed by atoms with E-state index in [1.54, 1.807) is 0 Å². The van der Waals surface area contributed by atoms with Crippen LogP contribution in [0.1, 0.15) is 24.4 Å². The van der Waals surface area contributed by atoms with Crippen LogP contribution in [0.3, 0.4) is 0 Å². The van der Waals surface area contributed by atoms with Gasteiger partial charge in [-0.15, -0.1) is 12.4 Å². The third-order valence-electron chi connectivity index (χ3n) is 3.51. The summed E-state index contributed by atoms with van der Waals surface area (Å²) in [5.74, 6) is 0.849. The molecule has 1 aromatic carbocycles. The average Bonchev–Trinajstić information content (AvgIpc) is 2.96. The molecular weight excluding hydrogens is 274 g/mol. The first-order valence-corrected chi connectivity index (χ1v) is 6.83. The Balaban J connectivity index is 0.00000147. The van der Waals surface area contributed by atoms with Crippen molar-refractivity contribution in [1.29, 1.82) is 0 Å². The summed E-state index contributed by atoms with van der Waals surface area (Å²) >= 11 is 0. The fourth-order valence-electron chi connectivity index (χ4n) is 2.41. The molecule has 0 atom stereocenters. The fraction of sp³-hybridized carbons (Fsp3) is 0.400. The first-order chi connectivity index (χ1) is 9.42. The van der Waals surface area contributed by atoms with Gasteiger partial charge < -0.3 is 10.1 Å². The van der Waals surface area contributed by atoms with Crippen LogP contribution in [0, 0.1) is 0 Å². The predicted octanol–water partition coefficient (Wildman–Crippen LogP) is 2.81. The van der Waals surface area contributed by atoms with Crippen molar-refractivity contribution in [2.75, 3.05) is 13.1 Å². The van der Waals surface area contributed by atoms with Crippen LogP contribution in [0.25, 0.3) is 0 Å². The molecule has 0 radical (unpaired) electrons. The van der Waals surface area contributed by atoms with Gasteiger partial charge in [0.15, 0.2) is 5.75 Å². The Bertz CT molecular complexity index is 509. The van der Waals surface area contributed by atoms with Gasteiger partial charge in [-0.3, -0.25) is 4.68 Å². The zero-order valence-electron chi connectivity index (χ0n) is 11.4. The summed E-state index contributed by atoms with van der Waals surface area (Å²) in [4.78, 5) is 0. The molecule has 0 unspecified atom stereocenters. The lowest BCUT2D eigenvalue weighted by molar-refractivity contribution is 0.302. The Morgan fingerprint density at radius 1 is 1.20 bits per heavy atom. The van der Waals surface area contributed by atoms with E-state index in [-0.39, 0.29) is 12.4 Å². The molecule has 1 aliphatic heterocycles. The quantitative estimate of drug-likeness (QED) is 0.942. The molecule has 1 fully saturated rings. The van der Waals surface area contributed by atoms with Crippen LogP contribution in [0.15, 0.2) is 42.7 Å². The minimum Gasteiger partial charge on any atom is -0.486 e. The third-order valence-corrected chi connectivity index (χ3v) is 3.51. The topological polar surface area (TPSA) is 39.1 Å². The lowest BCUT2D eigenvalue weighted by Gasteiger charge is -2.22. The van der Waals surface area contributed by atoms with Crippen molar-refractivity contribution in [2.24, 2.45) is 0 Å². The Kier molecular flexibility index (Phi) is 5.44. The summed E-state index contributed by atoms with van der Waals surface area (Å²) in [5, 5.41) is 7.78. The summed E-state index contributed by atoms with van der Waals surface area (Å²) in [6.07, 6.45) is 6.10. The van der Waals surface area contributed by atoms with Crippen molar-refractivity contribution in [2.45, 2.75) is 25.5 Å². The van der Waals surface area contributed by atoms with Gasteiger partial charge in [0.1, 0.15) is 6.61 Å². The highest BCUT2D eigenvalue weighted by Gasteiger charge is 2.15. The van der Waals surface area contributed by atoms with E-state index in [0.29, 0.717) is 12.6 Å². The van der Waals surface area contributed by atoms with Gasteiger partial charge in [-0.2, -0.15) is 5.10 Å². The monoisotopic (exact) mass is 293 g/mol. The van der Waals surface area contributed by atoms with Gasteiger partial charge in [0, 0.05) is 0 Å². The molecular formula is C15H20ClN3O. The van der Waals surface area contributed by atoms with Gasteiger partial charge in [0.2, 0.25) is 0 Å². The number of piperidine rings is 1. The van der Waals surface area contributed by atoms with Gasteiger partial charge >= 0.3 is 0 Å². The molecule has 0 spiro atoms. The first-order valence-electron chi connectivity index (χ1n) is 6.83. The maximum absolute atomic E-state index is 5.76. The number of nitrogens with one attached hydrogen (secondary N) is 1. The van der Waals surface area contributed by atoms with Gasteiger partial charge in [0.25, 0.3) is 0 Å². The van der Waals surface area contributed by atoms with E-state index in [0.717, 1.165) is 31.7 Å². The molecule has 5 heteroatoms. The lowest BCUT2D eigenvalue weighted by atomic mass is 10.1. The van der Waals surface area contributed by atoms with Crippen molar-refractivity contribution in [1.82, 2.24) is 15.1 Å². The number of rotatable bonds is 4. The minimum atomic E-state index is 0. The predicted molar refractivity (Wildman–Crippen MR) is 81.4 cm³/mol. The van der Waals surface area contributed by atoms with Crippen LogP contribution in [0.2, 0.25) is 0 Å². The van der Waals surface area contributed by atoms with Crippen LogP contribution < -0.4 is 10.1 Å². The molecule has 2 heterocycles. The Labute approximate surface area is 125 Å². The van der Waals surface area contributed by atoms with Gasteiger partial charge in [-0.25, -0.2) is 0 Å². The van der Waals surface area contributed by atoms with Crippen molar-refractivity contribution in [3.63, 3.8) is 0 Å². The molecule has 0 amide bonds. The zero-order chi connectivity index (χ0) is 12.9. The number of hydrogen-bond acceptors (Lipinski definition) is 3. The van der Waals surface area contributed by atoms with Crippen LogP contribution in [-0.2, 0) is 6.61 Å². The number of benzene rings is 1. The maximum Gasteiger partial charge on any atom is 0.157 e. The Morgan fingerprint density at radius 2 is 1.95 bits per heavy atom. The molecule has 1 N–H and O–H groups in total. The SMILES string of the molecule is Cl.c1ccc(COc2cnn(C3CCNCC3)c2)cc1. The van der Waals surface area contributed by atoms with E-state index in [1.807, 2.05) is 35.3 Å². The van der Waals surface area contributed by atoms with Crippen LogP contribution in [0.4, 0.5) is 0 Å². The van der Waals surface area contributed by atoms with Gasteiger partial charge in [-0.1, -0.05) is 30.3 Å². The third kappa shape index (κ3) is 3.74. The van der Waals surface area contributed by atoms with E-state index in [4.69, 9.17) is 4.74 Å². The average molecular weight is 294 g/mol. The van der Waals surface area contributed by atoms with Crippen molar-refractivity contribution < 1.29 is 4.74 Å². The van der Waals surface area contributed by atoms with Crippen LogP contribution in [0.5, 0.6) is 5.75 Å². The molecule has 1 aliphatic rings. The molecule has 108 valence electrons. The molecule has 0 saturated carbocycles. The highest BCUT2D eigenvalue weighted by atomic mass is 35.5. The highest BCUT2D eigenvalue weighted by molar-refractivity contribution is 5.85. The molecule has 3 rings (SSSR count).